The summed E-state index contributed by atoms with van der Waals surface area (Å²) in [6.07, 6.45) is 4.44. The molecule has 1 fully saturated rings. The lowest BCUT2D eigenvalue weighted by molar-refractivity contribution is -0.114. The van der Waals surface area contributed by atoms with Gasteiger partial charge in [0.25, 0.3) is 5.91 Å². The van der Waals surface area contributed by atoms with Crippen LogP contribution >= 0.6 is 0 Å². The number of amides is 2. The third-order valence-electron chi connectivity index (χ3n) is 5.05. The second kappa shape index (κ2) is 10.4. The number of benzene rings is 2. The zero-order chi connectivity index (χ0) is 21.3. The molecule has 1 aliphatic heterocycles. The number of likely N-dealkylation sites (tertiary alicyclic amines) is 1. The average Bonchev–Trinajstić information content (AvgIpc) is 3.07. The van der Waals surface area contributed by atoms with Crippen LogP contribution in [0, 0.1) is 0 Å². The molecule has 2 N–H and O–H groups in total. The minimum absolute atomic E-state index is 0.0377. The molecular weight excluding hydrogens is 382 g/mol. The predicted molar refractivity (Wildman–Crippen MR) is 116 cm³/mol. The van der Waals surface area contributed by atoms with Gasteiger partial charge < -0.3 is 20.3 Å². The van der Waals surface area contributed by atoms with E-state index in [4.69, 9.17) is 0 Å². The van der Waals surface area contributed by atoms with Crippen LogP contribution in [0.4, 0.5) is 11.4 Å². The molecule has 3 rings (SSSR count). The molecule has 1 heterocycles. The Hall–Kier alpha value is -3.35. The van der Waals surface area contributed by atoms with E-state index in [1.807, 2.05) is 17.0 Å². The van der Waals surface area contributed by atoms with Gasteiger partial charge in [0, 0.05) is 30.0 Å². The van der Waals surface area contributed by atoms with Crippen LogP contribution in [0.5, 0.6) is 0 Å². The fourth-order valence-corrected chi connectivity index (χ4v) is 3.41. The number of nitrogens with one attached hydrogen (secondary N) is 2. The smallest absolute Gasteiger partial charge is 0.337 e. The summed E-state index contributed by atoms with van der Waals surface area (Å²) in [5, 5.41) is 5.82. The Bertz CT molecular complexity index is 888. The molecule has 0 radical (unpaired) electrons. The molecule has 0 aliphatic carbocycles. The van der Waals surface area contributed by atoms with Crippen molar-refractivity contribution in [2.45, 2.75) is 25.7 Å². The Morgan fingerprint density at radius 1 is 0.900 bits per heavy atom. The maximum Gasteiger partial charge on any atom is 0.337 e. The Kier molecular flexibility index (Phi) is 7.43. The molecule has 2 aromatic carbocycles. The first-order chi connectivity index (χ1) is 14.6. The molecule has 7 heteroatoms. The summed E-state index contributed by atoms with van der Waals surface area (Å²) in [6, 6.07) is 13.7. The largest absolute Gasteiger partial charge is 0.465 e. The summed E-state index contributed by atoms with van der Waals surface area (Å²) in [4.78, 5) is 38.4. The van der Waals surface area contributed by atoms with Gasteiger partial charge in [0.15, 0.2) is 0 Å². The number of carbonyl (C=O) groups excluding carboxylic acids is 3. The second-order valence-electron chi connectivity index (χ2n) is 7.26. The lowest BCUT2D eigenvalue weighted by atomic mass is 10.1. The number of anilines is 2. The van der Waals surface area contributed by atoms with Gasteiger partial charge >= 0.3 is 5.97 Å². The fraction of sp³-hybridized carbons (Fsp3) is 0.348. The normalized spacial score (nSPS) is 13.8. The highest BCUT2D eigenvalue weighted by molar-refractivity contribution is 5.96. The molecule has 0 spiro atoms. The van der Waals surface area contributed by atoms with Gasteiger partial charge in [0.05, 0.1) is 19.2 Å². The molecule has 1 saturated heterocycles. The average molecular weight is 409 g/mol. The van der Waals surface area contributed by atoms with Crippen molar-refractivity contribution in [3.05, 3.63) is 59.7 Å². The number of nitrogens with zero attached hydrogens (tertiary/aromatic N) is 1. The number of hydrogen-bond acceptors (Lipinski definition) is 5. The van der Waals surface area contributed by atoms with Gasteiger partial charge in [0.1, 0.15) is 0 Å². The van der Waals surface area contributed by atoms with E-state index in [0.29, 0.717) is 22.5 Å². The minimum atomic E-state index is -0.427. The first-order valence-electron chi connectivity index (χ1n) is 10.2. The number of ether oxygens (including phenoxy) is 1. The molecule has 7 nitrogen and oxygen atoms in total. The summed E-state index contributed by atoms with van der Waals surface area (Å²) < 4.78 is 4.65. The first kappa shape index (κ1) is 21.4. The summed E-state index contributed by atoms with van der Waals surface area (Å²) >= 11 is 0. The molecule has 30 heavy (non-hydrogen) atoms. The molecule has 158 valence electrons. The Balaban J connectivity index is 1.54. The zero-order valence-electron chi connectivity index (χ0n) is 17.1. The summed E-state index contributed by atoms with van der Waals surface area (Å²) in [5.41, 5.74) is 2.34. The topological polar surface area (TPSA) is 87.7 Å². The maximum atomic E-state index is 12.8. The fourth-order valence-electron chi connectivity index (χ4n) is 3.41. The van der Waals surface area contributed by atoms with Gasteiger partial charge in [-0.3, -0.25) is 9.59 Å². The summed E-state index contributed by atoms with van der Waals surface area (Å²) in [6.45, 7) is 1.65. The molecule has 2 amide bonds. The van der Waals surface area contributed by atoms with E-state index >= 15 is 0 Å². The van der Waals surface area contributed by atoms with Crippen molar-refractivity contribution in [1.29, 1.82) is 0 Å². The van der Waals surface area contributed by atoms with Gasteiger partial charge in [-0.2, -0.15) is 0 Å². The second-order valence-corrected chi connectivity index (χ2v) is 7.26. The molecule has 0 unspecified atom stereocenters. The number of rotatable bonds is 6. The molecule has 0 aromatic heterocycles. The lowest BCUT2D eigenvalue weighted by Gasteiger charge is -2.20. The molecule has 0 atom stereocenters. The number of esters is 1. The Morgan fingerprint density at radius 3 is 2.27 bits per heavy atom. The van der Waals surface area contributed by atoms with Crippen molar-refractivity contribution in [1.82, 2.24) is 4.90 Å². The van der Waals surface area contributed by atoms with Crippen LogP contribution in [0.2, 0.25) is 0 Å². The number of methoxy groups -OCH3 is 1. The van der Waals surface area contributed by atoms with Crippen molar-refractivity contribution in [2.75, 3.05) is 37.4 Å². The van der Waals surface area contributed by atoms with E-state index in [1.54, 1.807) is 36.4 Å². The quantitative estimate of drug-likeness (QED) is 0.713. The first-order valence-corrected chi connectivity index (χ1v) is 10.2. The zero-order valence-corrected chi connectivity index (χ0v) is 17.1. The van der Waals surface area contributed by atoms with Gasteiger partial charge in [0.2, 0.25) is 5.91 Å². The van der Waals surface area contributed by atoms with Crippen LogP contribution in [0.1, 0.15) is 46.4 Å². The van der Waals surface area contributed by atoms with Crippen LogP contribution in [-0.4, -0.2) is 49.4 Å². The molecular formula is C23H27N3O4. The highest BCUT2D eigenvalue weighted by atomic mass is 16.5. The lowest BCUT2D eigenvalue weighted by Crippen LogP contribution is -2.31. The van der Waals surface area contributed by atoms with Crippen LogP contribution in [-0.2, 0) is 9.53 Å². The molecule has 0 saturated carbocycles. The summed E-state index contributed by atoms with van der Waals surface area (Å²) in [7, 11) is 1.32. The third-order valence-corrected chi connectivity index (χ3v) is 5.05. The van der Waals surface area contributed by atoms with Crippen molar-refractivity contribution < 1.29 is 19.1 Å². The van der Waals surface area contributed by atoms with Crippen LogP contribution in [0.15, 0.2) is 48.5 Å². The number of hydrogen-bond donors (Lipinski definition) is 2. The summed E-state index contributed by atoms with van der Waals surface area (Å²) in [5.74, 6) is -0.620. The maximum absolute atomic E-state index is 12.8. The van der Waals surface area contributed by atoms with E-state index < -0.39 is 5.97 Å². The minimum Gasteiger partial charge on any atom is -0.465 e. The van der Waals surface area contributed by atoms with Gasteiger partial charge in [-0.1, -0.05) is 18.9 Å². The molecule has 1 aliphatic rings. The third kappa shape index (κ3) is 5.83. The van der Waals surface area contributed by atoms with E-state index in [2.05, 4.69) is 15.4 Å². The van der Waals surface area contributed by atoms with Crippen LogP contribution in [0.25, 0.3) is 0 Å². The standard InChI is InChI=1S/C23H27N3O4/c1-30-23(29)17-9-11-19(12-10-17)25-21(27)16-24-20-8-6-7-18(15-20)22(28)26-13-4-2-3-5-14-26/h6-12,15,24H,2-5,13-14,16H2,1H3,(H,25,27). The molecule has 0 bridgehead atoms. The van der Waals surface area contributed by atoms with E-state index in [1.165, 1.54) is 20.0 Å². The van der Waals surface area contributed by atoms with Crippen molar-refractivity contribution in [3.8, 4) is 0 Å². The van der Waals surface area contributed by atoms with Crippen molar-refractivity contribution in [3.63, 3.8) is 0 Å². The van der Waals surface area contributed by atoms with Crippen molar-refractivity contribution in [2.24, 2.45) is 0 Å². The Morgan fingerprint density at radius 2 is 1.60 bits per heavy atom. The van der Waals surface area contributed by atoms with Crippen LogP contribution in [0.3, 0.4) is 0 Å². The van der Waals surface area contributed by atoms with E-state index in [-0.39, 0.29) is 18.4 Å². The van der Waals surface area contributed by atoms with Gasteiger partial charge in [-0.05, 0) is 55.3 Å². The molecule has 2 aromatic rings. The number of carbonyl (C=O) groups is 3. The van der Waals surface area contributed by atoms with Crippen LogP contribution < -0.4 is 10.6 Å². The Labute approximate surface area is 176 Å². The van der Waals surface area contributed by atoms with E-state index in [9.17, 15) is 14.4 Å². The monoisotopic (exact) mass is 409 g/mol. The van der Waals surface area contributed by atoms with Gasteiger partial charge in [-0.25, -0.2) is 4.79 Å². The van der Waals surface area contributed by atoms with E-state index in [0.717, 1.165) is 25.9 Å². The highest BCUT2D eigenvalue weighted by Gasteiger charge is 2.17. The van der Waals surface area contributed by atoms with Gasteiger partial charge in [-0.15, -0.1) is 0 Å². The SMILES string of the molecule is COC(=O)c1ccc(NC(=O)CNc2cccc(C(=O)N3CCCCCC3)c2)cc1. The predicted octanol–water partition coefficient (Wildman–Crippen LogP) is 3.54. The highest BCUT2D eigenvalue weighted by Crippen LogP contribution is 2.16. The van der Waals surface area contributed by atoms with Crippen molar-refractivity contribution >= 4 is 29.2 Å².